The Kier molecular flexibility index (Phi) is 4.78. The molecule has 4 aromatic rings. The van der Waals surface area contributed by atoms with Crippen LogP contribution in [-0.4, -0.2) is 12.5 Å². The number of aryl methyl sites for hydroxylation is 1. The number of carbonyl (C=O) groups is 1. The first-order valence-electron chi connectivity index (χ1n) is 10.4. The number of hydrogen-bond donors (Lipinski definition) is 0. The zero-order valence-corrected chi connectivity index (χ0v) is 17.6. The monoisotopic (exact) mass is 429 g/mol. The molecule has 3 aromatic carbocycles. The minimum absolute atomic E-state index is 0.00885. The molecule has 0 radical (unpaired) electrons. The van der Waals surface area contributed by atoms with Crippen molar-refractivity contribution in [1.82, 2.24) is 0 Å². The van der Waals surface area contributed by atoms with Gasteiger partial charge in [-0.3, -0.25) is 14.5 Å². The van der Waals surface area contributed by atoms with E-state index < -0.39 is 17.8 Å². The highest BCUT2D eigenvalue weighted by molar-refractivity contribution is 6.10. The molecule has 0 saturated carbocycles. The van der Waals surface area contributed by atoms with E-state index in [1.807, 2.05) is 19.9 Å². The van der Waals surface area contributed by atoms with Gasteiger partial charge >= 0.3 is 0 Å². The van der Waals surface area contributed by atoms with Crippen LogP contribution in [0.25, 0.3) is 11.0 Å². The van der Waals surface area contributed by atoms with Gasteiger partial charge in [0.25, 0.3) is 5.91 Å². The van der Waals surface area contributed by atoms with Crippen molar-refractivity contribution in [1.29, 1.82) is 0 Å². The number of amides is 1. The number of ether oxygens (including phenoxy) is 1. The maximum absolute atomic E-state index is 13.6. The molecule has 32 heavy (non-hydrogen) atoms. The van der Waals surface area contributed by atoms with Crippen molar-refractivity contribution in [2.75, 3.05) is 11.5 Å². The van der Waals surface area contributed by atoms with Crippen molar-refractivity contribution in [2.45, 2.75) is 19.9 Å². The summed E-state index contributed by atoms with van der Waals surface area (Å²) < 4.78 is 25.1. The second kappa shape index (κ2) is 7.64. The summed E-state index contributed by atoms with van der Waals surface area (Å²) in [5.41, 5.74) is 2.47. The highest BCUT2D eigenvalue weighted by Crippen LogP contribution is 2.41. The van der Waals surface area contributed by atoms with Crippen molar-refractivity contribution in [3.05, 3.63) is 105 Å². The first-order valence-corrected chi connectivity index (χ1v) is 10.4. The predicted octanol–water partition coefficient (Wildman–Crippen LogP) is 5.39. The number of fused-ring (bicyclic) bond motifs is 2. The van der Waals surface area contributed by atoms with Gasteiger partial charge in [-0.25, -0.2) is 4.39 Å². The van der Waals surface area contributed by atoms with Gasteiger partial charge in [0.05, 0.1) is 23.6 Å². The van der Waals surface area contributed by atoms with E-state index in [2.05, 4.69) is 0 Å². The molecule has 0 N–H and O–H groups in total. The SMILES string of the molecule is CCOc1ccc(N2C(=O)c3oc4ccc(C)cc4c(=O)c3C2c2ccc(F)cc2)cc1. The quantitative estimate of drug-likeness (QED) is 0.437. The van der Waals surface area contributed by atoms with Crippen LogP contribution in [0.15, 0.2) is 75.9 Å². The highest BCUT2D eigenvalue weighted by atomic mass is 19.1. The second-order valence-electron chi connectivity index (χ2n) is 7.73. The van der Waals surface area contributed by atoms with Crippen molar-refractivity contribution in [3.8, 4) is 5.75 Å². The maximum Gasteiger partial charge on any atom is 0.295 e. The van der Waals surface area contributed by atoms with Gasteiger partial charge < -0.3 is 9.15 Å². The van der Waals surface area contributed by atoms with E-state index in [1.54, 1.807) is 48.5 Å². The zero-order chi connectivity index (χ0) is 22.4. The minimum atomic E-state index is -0.739. The molecule has 1 unspecified atom stereocenters. The fourth-order valence-electron chi connectivity index (χ4n) is 4.18. The van der Waals surface area contributed by atoms with E-state index in [0.717, 1.165) is 5.56 Å². The Morgan fingerprint density at radius 1 is 1.00 bits per heavy atom. The van der Waals surface area contributed by atoms with Crippen LogP contribution in [0.4, 0.5) is 10.1 Å². The third-order valence-corrected chi connectivity index (χ3v) is 5.64. The Balaban J connectivity index is 1.75. The third-order valence-electron chi connectivity index (χ3n) is 5.64. The van der Waals surface area contributed by atoms with Gasteiger partial charge in [-0.1, -0.05) is 23.8 Å². The van der Waals surface area contributed by atoms with Crippen LogP contribution < -0.4 is 15.1 Å². The highest BCUT2D eigenvalue weighted by Gasteiger charge is 2.43. The molecule has 1 atom stereocenters. The summed E-state index contributed by atoms with van der Waals surface area (Å²) in [5.74, 6) is -0.131. The smallest absolute Gasteiger partial charge is 0.295 e. The molecule has 5 nitrogen and oxygen atoms in total. The molecule has 0 spiro atoms. The zero-order valence-electron chi connectivity index (χ0n) is 17.6. The molecule has 0 bridgehead atoms. The number of nitrogens with zero attached hydrogens (tertiary/aromatic N) is 1. The van der Waals surface area contributed by atoms with Gasteiger partial charge in [0.2, 0.25) is 5.76 Å². The van der Waals surface area contributed by atoms with Crippen molar-refractivity contribution >= 4 is 22.6 Å². The summed E-state index contributed by atoms with van der Waals surface area (Å²) in [5, 5.41) is 0.414. The number of anilines is 1. The average molecular weight is 429 g/mol. The van der Waals surface area contributed by atoms with Gasteiger partial charge in [0.1, 0.15) is 17.1 Å². The predicted molar refractivity (Wildman–Crippen MR) is 120 cm³/mol. The van der Waals surface area contributed by atoms with Crippen LogP contribution in [0, 0.1) is 12.7 Å². The van der Waals surface area contributed by atoms with Gasteiger partial charge in [0, 0.05) is 5.69 Å². The Morgan fingerprint density at radius 2 is 1.72 bits per heavy atom. The fourth-order valence-corrected chi connectivity index (χ4v) is 4.18. The first kappa shape index (κ1) is 20.0. The summed E-state index contributed by atoms with van der Waals surface area (Å²) in [6.45, 7) is 4.31. The van der Waals surface area contributed by atoms with Gasteiger partial charge in [-0.05, 0) is 67.9 Å². The molecule has 0 aliphatic carbocycles. The molecule has 1 aliphatic heterocycles. The van der Waals surface area contributed by atoms with E-state index in [4.69, 9.17) is 9.15 Å². The molecule has 1 amide bonds. The van der Waals surface area contributed by atoms with Crippen LogP contribution in [0.2, 0.25) is 0 Å². The molecular formula is C26H20FNO4. The van der Waals surface area contributed by atoms with E-state index in [1.165, 1.54) is 17.0 Å². The second-order valence-corrected chi connectivity index (χ2v) is 7.73. The van der Waals surface area contributed by atoms with Crippen LogP contribution in [0.3, 0.4) is 0 Å². The molecule has 2 heterocycles. The molecule has 0 fully saturated rings. The topological polar surface area (TPSA) is 59.8 Å². The summed E-state index contributed by atoms with van der Waals surface area (Å²) in [6.07, 6.45) is 0. The largest absolute Gasteiger partial charge is 0.494 e. The lowest BCUT2D eigenvalue weighted by Crippen LogP contribution is -2.29. The summed E-state index contributed by atoms with van der Waals surface area (Å²) in [4.78, 5) is 28.6. The molecule has 1 aromatic heterocycles. The average Bonchev–Trinajstić information content (AvgIpc) is 3.08. The number of hydrogen-bond acceptors (Lipinski definition) is 4. The van der Waals surface area contributed by atoms with Crippen LogP contribution in [-0.2, 0) is 0 Å². The van der Waals surface area contributed by atoms with Crippen molar-refractivity contribution in [2.24, 2.45) is 0 Å². The minimum Gasteiger partial charge on any atom is -0.494 e. The Bertz CT molecular complexity index is 1390. The molecule has 0 saturated heterocycles. The lowest BCUT2D eigenvalue weighted by molar-refractivity contribution is 0.0971. The molecular weight excluding hydrogens is 409 g/mol. The van der Waals surface area contributed by atoms with Crippen LogP contribution in [0.1, 0.15) is 40.2 Å². The normalized spacial score (nSPS) is 15.3. The van der Waals surface area contributed by atoms with Crippen LogP contribution >= 0.6 is 0 Å². The number of benzene rings is 3. The first-order chi connectivity index (χ1) is 15.5. The Hall–Kier alpha value is -3.93. The van der Waals surface area contributed by atoms with Crippen molar-refractivity contribution < 1.29 is 18.3 Å². The lowest BCUT2D eigenvalue weighted by atomic mass is 9.98. The summed E-state index contributed by atoms with van der Waals surface area (Å²) >= 11 is 0. The van der Waals surface area contributed by atoms with E-state index >= 15 is 0 Å². The standard InChI is InChI=1S/C26H20FNO4/c1-3-31-19-11-9-18(10-12-19)28-23(16-5-7-17(27)8-6-16)22-24(29)20-14-15(2)4-13-21(20)32-25(22)26(28)30/h4-14,23H,3H2,1-2H3. The number of rotatable bonds is 4. The summed E-state index contributed by atoms with van der Waals surface area (Å²) in [7, 11) is 0. The Morgan fingerprint density at radius 3 is 2.41 bits per heavy atom. The van der Waals surface area contributed by atoms with E-state index in [-0.39, 0.29) is 16.8 Å². The van der Waals surface area contributed by atoms with Gasteiger partial charge in [-0.2, -0.15) is 0 Å². The fraction of sp³-hybridized carbons (Fsp3) is 0.154. The third kappa shape index (κ3) is 3.15. The number of carbonyl (C=O) groups excluding carboxylic acids is 1. The van der Waals surface area contributed by atoms with Crippen molar-refractivity contribution in [3.63, 3.8) is 0 Å². The van der Waals surface area contributed by atoms with Crippen LogP contribution in [0.5, 0.6) is 5.75 Å². The maximum atomic E-state index is 13.6. The lowest BCUT2D eigenvalue weighted by Gasteiger charge is -2.25. The molecule has 160 valence electrons. The molecule has 5 rings (SSSR count). The number of halogens is 1. The molecule has 6 heteroatoms. The summed E-state index contributed by atoms with van der Waals surface area (Å²) in [6, 6.07) is 17.4. The van der Waals surface area contributed by atoms with Gasteiger partial charge in [0.15, 0.2) is 5.43 Å². The van der Waals surface area contributed by atoms with E-state index in [9.17, 15) is 14.0 Å². The Labute approximate surface area is 183 Å². The molecule has 1 aliphatic rings. The van der Waals surface area contributed by atoms with E-state index in [0.29, 0.717) is 34.6 Å². The van der Waals surface area contributed by atoms with Gasteiger partial charge in [-0.15, -0.1) is 0 Å².